The van der Waals surface area contributed by atoms with Crippen LogP contribution in [0.2, 0.25) is 0 Å². The minimum atomic E-state index is 0.0474. The first kappa shape index (κ1) is 20.7. The topological polar surface area (TPSA) is 50.1 Å². The highest BCUT2D eigenvalue weighted by Crippen LogP contribution is 2.33. The largest absolute Gasteiger partial charge is 0.462 e. The third kappa shape index (κ3) is 7.36. The van der Waals surface area contributed by atoms with E-state index in [1.807, 2.05) is 12.1 Å². The lowest BCUT2D eigenvalue weighted by Gasteiger charge is -2.31. The van der Waals surface area contributed by atoms with Crippen LogP contribution in [-0.4, -0.2) is 12.1 Å². The van der Waals surface area contributed by atoms with E-state index in [9.17, 15) is 4.79 Å². The first-order valence-electron chi connectivity index (χ1n) is 10.7. The van der Waals surface area contributed by atoms with Crippen LogP contribution >= 0.6 is 0 Å². The van der Waals surface area contributed by atoms with E-state index < -0.39 is 0 Å². The second kappa shape index (κ2) is 11.9. The van der Waals surface area contributed by atoms with Gasteiger partial charge in [-0.25, -0.2) is 0 Å². The Morgan fingerprint density at radius 3 is 2.42 bits per heavy atom. The Hall–Kier alpha value is -1.56. The molecule has 3 nitrogen and oxygen atoms in total. The van der Waals surface area contributed by atoms with Crippen LogP contribution in [0.3, 0.4) is 0 Å². The van der Waals surface area contributed by atoms with Gasteiger partial charge in [0, 0.05) is 6.08 Å². The highest BCUT2D eigenvalue weighted by atomic mass is 16.5. The number of esters is 1. The molecule has 0 amide bonds. The van der Waals surface area contributed by atoms with Crippen LogP contribution in [0.4, 0.5) is 0 Å². The van der Waals surface area contributed by atoms with E-state index >= 15 is 0 Å². The zero-order valence-electron chi connectivity index (χ0n) is 16.4. The van der Waals surface area contributed by atoms with Gasteiger partial charge in [-0.3, -0.25) is 4.79 Å². The number of nitriles is 1. The molecule has 0 aromatic heterocycles. The molecule has 0 aromatic carbocycles. The Morgan fingerprint density at radius 2 is 1.77 bits per heavy atom. The molecule has 0 heterocycles. The van der Waals surface area contributed by atoms with Crippen molar-refractivity contribution in [2.45, 2.75) is 90.1 Å². The van der Waals surface area contributed by atoms with Crippen molar-refractivity contribution in [2.24, 2.45) is 17.8 Å². The molecule has 0 unspecified atom stereocenters. The Bertz CT molecular complexity index is 501. The van der Waals surface area contributed by atoms with E-state index in [1.54, 1.807) is 6.08 Å². The van der Waals surface area contributed by atoms with E-state index in [4.69, 9.17) is 10.00 Å². The molecular weight excluding hydrogens is 322 g/mol. The van der Waals surface area contributed by atoms with Crippen LogP contribution in [0, 0.1) is 29.1 Å². The van der Waals surface area contributed by atoms with Crippen molar-refractivity contribution in [2.75, 3.05) is 0 Å². The average Bonchev–Trinajstić information content (AvgIpc) is 2.67. The summed E-state index contributed by atoms with van der Waals surface area (Å²) in [6.45, 7) is 2.26. The van der Waals surface area contributed by atoms with Crippen LogP contribution in [0.15, 0.2) is 24.3 Å². The molecule has 2 fully saturated rings. The summed E-state index contributed by atoms with van der Waals surface area (Å²) in [5.74, 6) is 1.53. The maximum atomic E-state index is 12.5. The zero-order valence-corrected chi connectivity index (χ0v) is 16.4. The summed E-state index contributed by atoms with van der Waals surface area (Å²) in [6.07, 6.45) is 21.4. The van der Waals surface area contributed by atoms with Crippen LogP contribution in [0.1, 0.15) is 84.0 Å². The summed E-state index contributed by atoms with van der Waals surface area (Å²) >= 11 is 0. The Balaban J connectivity index is 1.63. The molecule has 0 N–H and O–H groups in total. The summed E-state index contributed by atoms with van der Waals surface area (Å²) in [6, 6.07) is 1.99. The van der Waals surface area contributed by atoms with Crippen LogP contribution in [0.25, 0.3) is 0 Å². The molecule has 0 aliphatic heterocycles. The molecular formula is C23H35NO2. The van der Waals surface area contributed by atoms with Gasteiger partial charge in [-0.1, -0.05) is 50.8 Å². The molecule has 0 bridgehead atoms. The fraction of sp³-hybridized carbons (Fsp3) is 0.739. The van der Waals surface area contributed by atoms with Gasteiger partial charge in [0.05, 0.1) is 12.0 Å². The van der Waals surface area contributed by atoms with Crippen molar-refractivity contribution in [3.63, 3.8) is 0 Å². The third-order valence-electron chi connectivity index (χ3n) is 6.06. The van der Waals surface area contributed by atoms with Gasteiger partial charge in [-0.2, -0.15) is 5.26 Å². The summed E-state index contributed by atoms with van der Waals surface area (Å²) in [5, 5.41) is 8.47. The molecule has 2 saturated carbocycles. The van der Waals surface area contributed by atoms with Gasteiger partial charge in [0.2, 0.25) is 0 Å². The van der Waals surface area contributed by atoms with Crippen molar-refractivity contribution >= 4 is 5.97 Å². The lowest BCUT2D eigenvalue weighted by molar-refractivity contribution is -0.157. The number of hydrogen-bond acceptors (Lipinski definition) is 3. The molecule has 0 radical (unpaired) electrons. The number of nitrogens with zero attached hydrogens (tertiary/aromatic N) is 1. The molecule has 144 valence electrons. The molecule has 26 heavy (non-hydrogen) atoms. The Morgan fingerprint density at radius 1 is 1.04 bits per heavy atom. The standard InChI is InChI=1S/C23H35NO2/c1-2-3-5-8-20-12-16-22(17-13-20)26-23(25)21-14-10-19(11-15-21)9-6-4-7-18-24/h4,6-7,9,19-22H,2-3,5,8,10-17H2,1H3. The van der Waals surface area contributed by atoms with Gasteiger partial charge in [-0.15, -0.1) is 0 Å². The number of carbonyl (C=O) groups excluding carboxylic acids is 1. The zero-order chi connectivity index (χ0) is 18.6. The molecule has 2 rings (SSSR count). The quantitative estimate of drug-likeness (QED) is 0.228. The number of carbonyl (C=O) groups is 1. The van der Waals surface area contributed by atoms with E-state index in [0.29, 0.717) is 5.92 Å². The van der Waals surface area contributed by atoms with Crippen molar-refractivity contribution < 1.29 is 9.53 Å². The average molecular weight is 358 g/mol. The van der Waals surface area contributed by atoms with E-state index in [1.165, 1.54) is 44.6 Å². The molecule has 0 spiro atoms. The fourth-order valence-corrected chi connectivity index (χ4v) is 4.35. The lowest BCUT2D eigenvalue weighted by atomic mass is 9.81. The molecule has 2 aliphatic carbocycles. The van der Waals surface area contributed by atoms with Crippen LogP contribution < -0.4 is 0 Å². The monoisotopic (exact) mass is 357 g/mol. The first-order chi connectivity index (χ1) is 12.7. The molecule has 0 saturated heterocycles. The number of rotatable bonds is 8. The summed E-state index contributed by atoms with van der Waals surface area (Å²) in [7, 11) is 0. The van der Waals surface area contributed by atoms with Crippen molar-refractivity contribution in [1.29, 1.82) is 5.26 Å². The smallest absolute Gasteiger partial charge is 0.309 e. The van der Waals surface area contributed by atoms with Crippen LogP contribution in [-0.2, 0) is 9.53 Å². The van der Waals surface area contributed by atoms with E-state index in [-0.39, 0.29) is 18.0 Å². The van der Waals surface area contributed by atoms with Crippen LogP contribution in [0.5, 0.6) is 0 Å². The maximum absolute atomic E-state index is 12.5. The first-order valence-corrected chi connectivity index (χ1v) is 10.7. The van der Waals surface area contributed by atoms with Gasteiger partial charge in [0.1, 0.15) is 6.10 Å². The lowest BCUT2D eigenvalue weighted by Crippen LogP contribution is -2.30. The summed E-state index contributed by atoms with van der Waals surface area (Å²) in [5.41, 5.74) is 0. The minimum Gasteiger partial charge on any atom is -0.462 e. The highest BCUT2D eigenvalue weighted by molar-refractivity contribution is 5.72. The minimum absolute atomic E-state index is 0.0474. The van der Waals surface area contributed by atoms with E-state index in [2.05, 4.69) is 13.0 Å². The highest BCUT2D eigenvalue weighted by Gasteiger charge is 2.30. The van der Waals surface area contributed by atoms with Gasteiger partial charge >= 0.3 is 5.97 Å². The Kier molecular flexibility index (Phi) is 9.53. The van der Waals surface area contributed by atoms with Gasteiger partial charge in [0.25, 0.3) is 0 Å². The normalized spacial score (nSPS) is 29.7. The predicted molar refractivity (Wildman–Crippen MR) is 105 cm³/mol. The molecule has 3 heteroatoms. The number of unbranched alkanes of at least 4 members (excludes halogenated alkanes) is 2. The van der Waals surface area contributed by atoms with Gasteiger partial charge < -0.3 is 4.74 Å². The van der Waals surface area contributed by atoms with Crippen molar-refractivity contribution in [3.05, 3.63) is 24.3 Å². The maximum Gasteiger partial charge on any atom is 0.309 e. The molecule has 2 aliphatic rings. The van der Waals surface area contributed by atoms with Crippen molar-refractivity contribution in [3.8, 4) is 6.07 Å². The predicted octanol–water partition coefficient (Wildman–Crippen LogP) is 6.11. The number of allylic oxidation sites excluding steroid dienone is 4. The van der Waals surface area contributed by atoms with Crippen molar-refractivity contribution in [1.82, 2.24) is 0 Å². The SMILES string of the molecule is CCCCCC1CCC(OC(=O)C2CCC(C=CC=CC#N)CC2)CC1. The summed E-state index contributed by atoms with van der Waals surface area (Å²) < 4.78 is 5.85. The number of hydrogen-bond donors (Lipinski definition) is 0. The fourth-order valence-electron chi connectivity index (χ4n) is 4.35. The molecule has 0 atom stereocenters. The second-order valence-electron chi connectivity index (χ2n) is 8.06. The third-order valence-corrected chi connectivity index (χ3v) is 6.06. The second-order valence-corrected chi connectivity index (χ2v) is 8.06. The Labute approximate surface area is 159 Å². The molecule has 0 aromatic rings. The van der Waals surface area contributed by atoms with Gasteiger partial charge in [-0.05, 0) is 63.2 Å². The summed E-state index contributed by atoms with van der Waals surface area (Å²) in [4.78, 5) is 12.5. The number of ether oxygens (including phenoxy) is 1. The van der Waals surface area contributed by atoms with E-state index in [0.717, 1.165) is 44.4 Å². The van der Waals surface area contributed by atoms with Gasteiger partial charge in [0.15, 0.2) is 0 Å².